The quantitative estimate of drug-likeness (QED) is 0.569. The lowest BCUT2D eigenvalue weighted by Crippen LogP contribution is -2.60. The first-order chi connectivity index (χ1) is 16.1. The topological polar surface area (TPSA) is 68.3 Å². The molecule has 2 atom stereocenters. The summed E-state index contributed by atoms with van der Waals surface area (Å²) in [4.78, 5) is 27.0. The normalized spacial score (nSPS) is 22.7. The van der Waals surface area contributed by atoms with Crippen molar-refractivity contribution in [2.75, 3.05) is 13.2 Å². The number of rotatable bonds is 4. The lowest BCUT2D eigenvalue weighted by molar-refractivity contribution is -0.0808. The van der Waals surface area contributed by atoms with Crippen LogP contribution in [0.5, 0.6) is 0 Å². The van der Waals surface area contributed by atoms with Crippen LogP contribution in [0.3, 0.4) is 0 Å². The maximum Gasteiger partial charge on any atom is 0.432 e. The number of ether oxygens (including phenoxy) is 3. The maximum absolute atomic E-state index is 13.5. The summed E-state index contributed by atoms with van der Waals surface area (Å²) in [6, 6.07) is 26.4. The fraction of sp³-hybridized carbons (Fsp3) is 0.231. The smallest absolute Gasteiger partial charge is 0.432 e. The summed E-state index contributed by atoms with van der Waals surface area (Å²) in [5.41, 5.74) is 0.0481. The Hall–Kier alpha value is -3.84. The highest BCUT2D eigenvalue weighted by Gasteiger charge is 2.73. The van der Waals surface area contributed by atoms with Crippen LogP contribution in [0.1, 0.15) is 36.1 Å². The van der Waals surface area contributed by atoms with Crippen molar-refractivity contribution in [3.8, 4) is 0 Å². The minimum Gasteiger partial charge on any atom is -0.448 e. The molecule has 7 heteroatoms. The van der Waals surface area contributed by atoms with Gasteiger partial charge >= 0.3 is 12.2 Å². The van der Waals surface area contributed by atoms with Gasteiger partial charge in [-0.25, -0.2) is 9.59 Å². The molecule has 2 heterocycles. The Kier molecular flexibility index (Phi) is 5.06. The number of carbonyl (C=O) groups excluding carboxylic acids is 2. The van der Waals surface area contributed by atoms with Crippen LogP contribution in [0, 0.1) is 0 Å². The Morgan fingerprint density at radius 2 is 1.03 bits per heavy atom. The average Bonchev–Trinajstić information content (AvgIpc) is 3.35. The molecule has 5 rings (SSSR count). The van der Waals surface area contributed by atoms with E-state index in [-0.39, 0.29) is 13.2 Å². The second-order valence-electron chi connectivity index (χ2n) is 7.69. The first-order valence-corrected chi connectivity index (χ1v) is 11.0. The highest BCUT2D eigenvalue weighted by atomic mass is 16.7. The van der Waals surface area contributed by atoms with E-state index in [9.17, 15) is 9.59 Å². The largest absolute Gasteiger partial charge is 0.448 e. The zero-order valence-electron chi connectivity index (χ0n) is 18.4. The summed E-state index contributed by atoms with van der Waals surface area (Å²) >= 11 is 0. The molecule has 0 N–H and O–H groups in total. The average molecular weight is 444 g/mol. The first-order valence-electron chi connectivity index (χ1n) is 11.0. The Balaban J connectivity index is 1.88. The van der Waals surface area contributed by atoms with E-state index in [0.29, 0.717) is 11.1 Å². The van der Waals surface area contributed by atoms with E-state index in [2.05, 4.69) is 0 Å². The van der Waals surface area contributed by atoms with Gasteiger partial charge in [-0.2, -0.15) is 10.0 Å². The molecule has 1 fully saturated rings. The van der Waals surface area contributed by atoms with E-state index in [1.54, 1.807) is 13.8 Å². The van der Waals surface area contributed by atoms with Crippen molar-refractivity contribution in [2.45, 2.75) is 25.3 Å². The van der Waals surface area contributed by atoms with Gasteiger partial charge in [-0.1, -0.05) is 84.9 Å². The van der Waals surface area contributed by atoms with Crippen molar-refractivity contribution in [3.63, 3.8) is 0 Å². The Morgan fingerprint density at radius 3 is 1.39 bits per heavy atom. The second kappa shape index (κ2) is 7.94. The molecule has 3 aromatic rings. The molecule has 2 aliphatic heterocycles. The Bertz CT molecular complexity index is 1090. The second-order valence-corrected chi connectivity index (χ2v) is 7.69. The van der Waals surface area contributed by atoms with Crippen molar-refractivity contribution in [3.05, 3.63) is 107 Å². The van der Waals surface area contributed by atoms with Crippen molar-refractivity contribution in [2.24, 2.45) is 0 Å². The van der Waals surface area contributed by atoms with Gasteiger partial charge in [-0.3, -0.25) is 0 Å². The number of hydrazine groups is 1. The van der Waals surface area contributed by atoms with Gasteiger partial charge in [-0.05, 0) is 13.8 Å². The van der Waals surface area contributed by atoms with Crippen LogP contribution < -0.4 is 0 Å². The van der Waals surface area contributed by atoms with Gasteiger partial charge in [0.2, 0.25) is 11.4 Å². The van der Waals surface area contributed by atoms with Crippen LogP contribution in [0.2, 0.25) is 0 Å². The SMILES string of the molecule is CCOC(=O)N1N(C(=O)OCC)C2(c3ccccc3)OC1(c1ccccc1)c1ccccc12. The number of fused-ring (bicyclic) bond motifs is 5. The van der Waals surface area contributed by atoms with Gasteiger partial charge in [0.15, 0.2) is 0 Å². The van der Waals surface area contributed by atoms with Crippen molar-refractivity contribution < 1.29 is 23.8 Å². The molecule has 7 nitrogen and oxygen atoms in total. The monoisotopic (exact) mass is 444 g/mol. The highest BCUT2D eigenvalue weighted by molar-refractivity contribution is 5.80. The van der Waals surface area contributed by atoms with E-state index >= 15 is 0 Å². The summed E-state index contributed by atoms with van der Waals surface area (Å²) in [7, 11) is 0. The minimum atomic E-state index is -1.42. The summed E-state index contributed by atoms with van der Waals surface area (Å²) in [5, 5.41) is 2.53. The molecular formula is C26H24N2O5. The third-order valence-electron chi connectivity index (χ3n) is 5.96. The number of benzene rings is 3. The van der Waals surface area contributed by atoms with Crippen LogP contribution in [0.4, 0.5) is 9.59 Å². The van der Waals surface area contributed by atoms with E-state index in [4.69, 9.17) is 14.2 Å². The molecule has 0 aliphatic carbocycles. The molecule has 2 bridgehead atoms. The molecule has 0 saturated carbocycles. The van der Waals surface area contributed by atoms with Crippen LogP contribution in [0.25, 0.3) is 0 Å². The molecule has 2 unspecified atom stereocenters. The van der Waals surface area contributed by atoms with Crippen molar-refractivity contribution >= 4 is 12.2 Å². The number of carbonyl (C=O) groups is 2. The maximum atomic E-state index is 13.5. The van der Waals surface area contributed by atoms with Crippen molar-refractivity contribution in [1.82, 2.24) is 10.0 Å². The highest BCUT2D eigenvalue weighted by Crippen LogP contribution is 2.63. The molecular weight excluding hydrogens is 420 g/mol. The fourth-order valence-corrected chi connectivity index (χ4v) is 4.79. The summed E-state index contributed by atoms with van der Waals surface area (Å²) in [6.07, 6.45) is -1.41. The summed E-state index contributed by atoms with van der Waals surface area (Å²) in [5.74, 6) is 0. The number of amides is 2. The van der Waals surface area contributed by atoms with Gasteiger partial charge in [0.1, 0.15) is 0 Å². The summed E-state index contributed by atoms with van der Waals surface area (Å²) < 4.78 is 17.8. The van der Waals surface area contributed by atoms with E-state index < -0.39 is 23.6 Å². The van der Waals surface area contributed by atoms with Gasteiger partial charge < -0.3 is 14.2 Å². The Labute approximate surface area is 192 Å². The van der Waals surface area contributed by atoms with Gasteiger partial charge in [0.05, 0.1) is 13.2 Å². The zero-order valence-corrected chi connectivity index (χ0v) is 18.4. The van der Waals surface area contributed by atoms with Gasteiger partial charge in [-0.15, -0.1) is 0 Å². The molecule has 1 saturated heterocycles. The van der Waals surface area contributed by atoms with Crippen LogP contribution in [-0.4, -0.2) is 35.4 Å². The number of hydrogen-bond donors (Lipinski definition) is 0. The lowest BCUT2D eigenvalue weighted by Gasteiger charge is -2.43. The van der Waals surface area contributed by atoms with E-state index in [1.807, 2.05) is 84.9 Å². The molecule has 0 aromatic heterocycles. The third-order valence-corrected chi connectivity index (χ3v) is 5.96. The number of hydrogen-bond acceptors (Lipinski definition) is 5. The first kappa shape index (κ1) is 21.0. The molecule has 0 spiro atoms. The number of nitrogens with zero attached hydrogens (tertiary/aromatic N) is 2. The molecule has 2 aliphatic rings. The predicted molar refractivity (Wildman–Crippen MR) is 120 cm³/mol. The lowest BCUT2D eigenvalue weighted by atomic mass is 9.85. The molecule has 2 amide bonds. The Morgan fingerprint density at radius 1 is 0.667 bits per heavy atom. The standard InChI is InChI=1S/C26H24N2O5/c1-3-31-23(29)27-25(19-13-7-5-8-14-19)21-17-11-12-18-22(21)26(33-25,20-15-9-6-10-16-20)28(27)24(30)32-4-2/h5-18H,3-4H2,1-2H3. The van der Waals surface area contributed by atoms with Crippen molar-refractivity contribution in [1.29, 1.82) is 0 Å². The van der Waals surface area contributed by atoms with Crippen LogP contribution in [0.15, 0.2) is 84.9 Å². The fourth-order valence-electron chi connectivity index (χ4n) is 4.79. The van der Waals surface area contributed by atoms with Gasteiger partial charge in [0.25, 0.3) is 0 Å². The summed E-state index contributed by atoms with van der Waals surface area (Å²) in [6.45, 7) is 3.71. The van der Waals surface area contributed by atoms with Crippen LogP contribution >= 0.6 is 0 Å². The molecule has 3 aromatic carbocycles. The molecule has 168 valence electrons. The van der Waals surface area contributed by atoms with Crippen LogP contribution in [-0.2, 0) is 25.7 Å². The molecule has 33 heavy (non-hydrogen) atoms. The zero-order chi connectivity index (χ0) is 23.1. The predicted octanol–water partition coefficient (Wildman–Crippen LogP) is 4.96. The van der Waals surface area contributed by atoms with Gasteiger partial charge in [0, 0.05) is 22.3 Å². The minimum absolute atomic E-state index is 0.136. The molecule has 0 radical (unpaired) electrons. The third kappa shape index (κ3) is 2.79. The van der Waals surface area contributed by atoms with E-state index in [0.717, 1.165) is 11.1 Å². The van der Waals surface area contributed by atoms with E-state index in [1.165, 1.54) is 10.0 Å².